The summed E-state index contributed by atoms with van der Waals surface area (Å²) in [4.78, 5) is 14.5. The van der Waals surface area contributed by atoms with Crippen molar-refractivity contribution in [1.29, 1.82) is 0 Å². The fraction of sp³-hybridized carbons (Fsp3) is 0.167. The maximum atomic E-state index is 12.3. The van der Waals surface area contributed by atoms with Crippen LogP contribution in [0.2, 0.25) is 0 Å². The Bertz CT molecular complexity index is 613. The van der Waals surface area contributed by atoms with Crippen LogP contribution >= 0.6 is 23.5 Å². The number of amides is 1. The number of rotatable bonds is 8. The minimum atomic E-state index is -0.0131. The summed E-state index contributed by atoms with van der Waals surface area (Å²) in [6.45, 7) is 4.37. The number of carbonyl (C=O) groups is 1. The summed E-state index contributed by atoms with van der Waals surface area (Å²) in [6, 6.07) is 17.9. The van der Waals surface area contributed by atoms with Crippen molar-refractivity contribution < 1.29 is 4.79 Å². The molecule has 1 amide bonds. The van der Waals surface area contributed by atoms with Crippen LogP contribution in [-0.2, 0) is 0 Å². The van der Waals surface area contributed by atoms with Gasteiger partial charge in [0.2, 0.25) is 0 Å². The van der Waals surface area contributed by atoms with Gasteiger partial charge in [-0.15, -0.1) is 30.1 Å². The zero-order valence-corrected chi connectivity index (χ0v) is 14.0. The van der Waals surface area contributed by atoms with Crippen LogP contribution in [0, 0.1) is 0 Å². The van der Waals surface area contributed by atoms with Crippen LogP contribution in [0.25, 0.3) is 0 Å². The number of benzene rings is 2. The van der Waals surface area contributed by atoms with Gasteiger partial charge in [-0.2, -0.15) is 0 Å². The Hall–Kier alpha value is -1.65. The van der Waals surface area contributed by atoms with Crippen molar-refractivity contribution in [3.05, 3.63) is 72.8 Å². The molecule has 0 spiro atoms. The lowest BCUT2D eigenvalue weighted by Gasteiger charge is -2.09. The standard InChI is InChI=1S/C18H19NOS2/c1-2-13-22-17-11-7-6-10-16(17)18(20)19-12-14-21-15-8-4-3-5-9-15/h2-11H,1,12-14H2,(H,19,20). The van der Waals surface area contributed by atoms with Crippen molar-refractivity contribution in [3.8, 4) is 0 Å². The first-order chi connectivity index (χ1) is 10.8. The second kappa shape index (κ2) is 9.38. The fourth-order valence-electron chi connectivity index (χ4n) is 1.87. The zero-order chi connectivity index (χ0) is 15.6. The van der Waals surface area contributed by atoms with Gasteiger partial charge in [0.1, 0.15) is 0 Å². The first-order valence-corrected chi connectivity index (χ1v) is 9.07. The van der Waals surface area contributed by atoms with Gasteiger partial charge < -0.3 is 5.32 Å². The van der Waals surface area contributed by atoms with E-state index in [1.807, 2.05) is 48.5 Å². The highest BCUT2D eigenvalue weighted by Crippen LogP contribution is 2.22. The molecule has 0 radical (unpaired) electrons. The van der Waals surface area contributed by atoms with Gasteiger partial charge in [0.25, 0.3) is 5.91 Å². The third-order valence-corrected chi connectivity index (χ3v) is 4.97. The normalized spacial score (nSPS) is 10.2. The molecule has 0 unspecified atom stereocenters. The molecule has 0 fully saturated rings. The summed E-state index contributed by atoms with van der Waals surface area (Å²) in [6.07, 6.45) is 1.84. The van der Waals surface area contributed by atoms with E-state index in [0.29, 0.717) is 6.54 Å². The summed E-state index contributed by atoms with van der Waals surface area (Å²) in [5.74, 6) is 1.65. The van der Waals surface area contributed by atoms with E-state index in [0.717, 1.165) is 22.0 Å². The van der Waals surface area contributed by atoms with Gasteiger partial charge in [0.15, 0.2) is 0 Å². The van der Waals surface area contributed by atoms with Crippen LogP contribution < -0.4 is 5.32 Å². The van der Waals surface area contributed by atoms with Crippen molar-refractivity contribution in [2.75, 3.05) is 18.1 Å². The van der Waals surface area contributed by atoms with E-state index in [1.165, 1.54) is 4.90 Å². The van der Waals surface area contributed by atoms with E-state index in [-0.39, 0.29) is 5.91 Å². The molecule has 0 heterocycles. The lowest BCUT2D eigenvalue weighted by Crippen LogP contribution is -2.26. The van der Waals surface area contributed by atoms with Crippen LogP contribution in [0.5, 0.6) is 0 Å². The highest BCUT2D eigenvalue weighted by atomic mass is 32.2. The van der Waals surface area contributed by atoms with E-state index < -0.39 is 0 Å². The Morgan fingerprint density at radius 1 is 1.05 bits per heavy atom. The summed E-state index contributed by atoms with van der Waals surface area (Å²) in [5.41, 5.74) is 0.735. The fourth-order valence-corrected chi connectivity index (χ4v) is 3.45. The van der Waals surface area contributed by atoms with Crippen LogP contribution in [0.1, 0.15) is 10.4 Å². The van der Waals surface area contributed by atoms with Gasteiger partial charge in [-0.05, 0) is 24.3 Å². The Kier molecular flexibility index (Phi) is 7.13. The molecule has 1 N–H and O–H groups in total. The maximum Gasteiger partial charge on any atom is 0.252 e. The number of thioether (sulfide) groups is 2. The summed E-state index contributed by atoms with van der Waals surface area (Å²) < 4.78 is 0. The van der Waals surface area contributed by atoms with Crippen LogP contribution in [0.15, 0.2) is 77.0 Å². The lowest BCUT2D eigenvalue weighted by molar-refractivity contribution is 0.0953. The SMILES string of the molecule is C=CCSc1ccccc1C(=O)NCCSc1ccccc1. The maximum absolute atomic E-state index is 12.3. The zero-order valence-electron chi connectivity index (χ0n) is 12.3. The third-order valence-electron chi connectivity index (χ3n) is 2.89. The van der Waals surface area contributed by atoms with E-state index in [9.17, 15) is 4.79 Å². The second-order valence-electron chi connectivity index (χ2n) is 4.51. The van der Waals surface area contributed by atoms with Gasteiger partial charge in [-0.1, -0.05) is 36.4 Å². The minimum Gasteiger partial charge on any atom is -0.351 e. The molecule has 0 aliphatic carbocycles. The first kappa shape index (κ1) is 16.7. The Labute approximate surface area is 140 Å². The number of carbonyl (C=O) groups excluding carboxylic acids is 1. The molecule has 0 saturated heterocycles. The molecule has 2 nitrogen and oxygen atoms in total. The molecule has 0 bridgehead atoms. The molecule has 0 atom stereocenters. The number of hydrogen-bond acceptors (Lipinski definition) is 3. The van der Waals surface area contributed by atoms with Crippen molar-refractivity contribution >= 4 is 29.4 Å². The molecule has 2 aromatic carbocycles. The third kappa shape index (κ3) is 5.28. The molecule has 0 aliphatic heterocycles. The summed E-state index contributed by atoms with van der Waals surface area (Å²) >= 11 is 3.37. The predicted octanol–water partition coefficient (Wildman–Crippen LogP) is 4.49. The van der Waals surface area contributed by atoms with Crippen molar-refractivity contribution in [2.24, 2.45) is 0 Å². The van der Waals surface area contributed by atoms with Crippen molar-refractivity contribution in [1.82, 2.24) is 5.32 Å². The van der Waals surface area contributed by atoms with Gasteiger partial charge in [-0.25, -0.2) is 0 Å². The van der Waals surface area contributed by atoms with E-state index in [4.69, 9.17) is 0 Å². The van der Waals surface area contributed by atoms with Crippen molar-refractivity contribution in [3.63, 3.8) is 0 Å². The van der Waals surface area contributed by atoms with E-state index in [1.54, 1.807) is 23.5 Å². The average molecular weight is 329 g/mol. The average Bonchev–Trinajstić information content (AvgIpc) is 2.58. The predicted molar refractivity (Wildman–Crippen MR) is 96.9 cm³/mol. The van der Waals surface area contributed by atoms with Crippen molar-refractivity contribution in [2.45, 2.75) is 9.79 Å². The van der Waals surface area contributed by atoms with Crippen LogP contribution in [0.4, 0.5) is 0 Å². The molecule has 22 heavy (non-hydrogen) atoms. The summed E-state index contributed by atoms with van der Waals surface area (Å²) in [5, 5.41) is 2.99. The van der Waals surface area contributed by atoms with Crippen LogP contribution in [-0.4, -0.2) is 24.0 Å². The van der Waals surface area contributed by atoms with Gasteiger partial charge in [-0.3, -0.25) is 4.79 Å². The number of hydrogen-bond donors (Lipinski definition) is 1. The molecule has 0 saturated carbocycles. The molecule has 0 aliphatic rings. The Balaban J connectivity index is 1.83. The van der Waals surface area contributed by atoms with E-state index in [2.05, 4.69) is 24.0 Å². The van der Waals surface area contributed by atoms with Crippen LogP contribution in [0.3, 0.4) is 0 Å². The van der Waals surface area contributed by atoms with Gasteiger partial charge >= 0.3 is 0 Å². The molecule has 2 aromatic rings. The minimum absolute atomic E-state index is 0.0131. The monoisotopic (exact) mass is 329 g/mol. The van der Waals surface area contributed by atoms with Gasteiger partial charge in [0.05, 0.1) is 5.56 Å². The highest BCUT2D eigenvalue weighted by molar-refractivity contribution is 7.99. The molecular formula is C18H19NOS2. The summed E-state index contributed by atoms with van der Waals surface area (Å²) in [7, 11) is 0. The largest absolute Gasteiger partial charge is 0.351 e. The molecule has 4 heteroatoms. The number of nitrogens with one attached hydrogen (secondary N) is 1. The lowest BCUT2D eigenvalue weighted by atomic mass is 10.2. The smallest absolute Gasteiger partial charge is 0.252 e. The Morgan fingerprint density at radius 2 is 1.77 bits per heavy atom. The topological polar surface area (TPSA) is 29.1 Å². The molecule has 2 rings (SSSR count). The van der Waals surface area contributed by atoms with E-state index >= 15 is 0 Å². The second-order valence-corrected chi connectivity index (χ2v) is 6.74. The highest BCUT2D eigenvalue weighted by Gasteiger charge is 2.10. The molecular weight excluding hydrogens is 310 g/mol. The molecule has 0 aromatic heterocycles. The quantitative estimate of drug-likeness (QED) is 0.440. The first-order valence-electron chi connectivity index (χ1n) is 7.10. The van der Waals surface area contributed by atoms with Gasteiger partial charge in [0, 0.05) is 27.8 Å². The Morgan fingerprint density at radius 3 is 2.55 bits per heavy atom. The molecule has 114 valence electrons.